The molecule has 2 rings (SSSR count). The summed E-state index contributed by atoms with van der Waals surface area (Å²) in [6.07, 6.45) is 15.1. The van der Waals surface area contributed by atoms with Gasteiger partial charge in [0.15, 0.2) is 0 Å². The standard InChI is InChI=1S/C26H32O2/c1-19-11-13-23(14-12-19)22(10-6-8-20(2)18-25(27)28)15-16-24-21(3)9-7-17-26(24,4)5/h6,8,10-16,18H,7,9,17H2,1-5H3,(H,27,28)/b8-6+,16-15-,20-18+,22-10-. The third kappa shape index (κ3) is 6.23. The maximum atomic E-state index is 10.8. The highest BCUT2D eigenvalue weighted by Crippen LogP contribution is 2.41. The van der Waals surface area contributed by atoms with Gasteiger partial charge in [-0.05, 0) is 67.7 Å². The van der Waals surface area contributed by atoms with Crippen LogP contribution in [0.4, 0.5) is 0 Å². The fourth-order valence-electron chi connectivity index (χ4n) is 3.72. The first-order valence-electron chi connectivity index (χ1n) is 9.94. The molecule has 0 aliphatic heterocycles. The van der Waals surface area contributed by atoms with Crippen LogP contribution in [0.3, 0.4) is 0 Å². The van der Waals surface area contributed by atoms with Crippen molar-refractivity contribution in [3.63, 3.8) is 0 Å². The van der Waals surface area contributed by atoms with Crippen LogP contribution in [0, 0.1) is 12.3 Å². The fourth-order valence-corrected chi connectivity index (χ4v) is 3.72. The molecule has 0 radical (unpaired) electrons. The van der Waals surface area contributed by atoms with Crippen molar-refractivity contribution in [2.75, 3.05) is 0 Å². The molecule has 1 aliphatic carbocycles. The number of hydrogen-bond donors (Lipinski definition) is 1. The van der Waals surface area contributed by atoms with Crippen LogP contribution < -0.4 is 0 Å². The van der Waals surface area contributed by atoms with Gasteiger partial charge in [-0.1, -0.05) is 79.6 Å². The molecule has 1 aliphatic rings. The Kier molecular flexibility index (Phi) is 7.39. The van der Waals surface area contributed by atoms with Gasteiger partial charge in [0.05, 0.1) is 0 Å². The topological polar surface area (TPSA) is 37.3 Å². The Morgan fingerprint density at radius 1 is 1.11 bits per heavy atom. The summed E-state index contributed by atoms with van der Waals surface area (Å²) < 4.78 is 0. The Morgan fingerprint density at radius 2 is 1.79 bits per heavy atom. The molecule has 0 saturated carbocycles. The van der Waals surface area contributed by atoms with Crippen LogP contribution in [-0.4, -0.2) is 11.1 Å². The summed E-state index contributed by atoms with van der Waals surface area (Å²) >= 11 is 0. The van der Waals surface area contributed by atoms with E-state index in [0.717, 1.165) is 11.1 Å². The molecule has 0 saturated heterocycles. The average Bonchev–Trinajstić information content (AvgIpc) is 2.59. The molecule has 2 heteroatoms. The van der Waals surface area contributed by atoms with Crippen molar-refractivity contribution in [3.8, 4) is 0 Å². The zero-order valence-corrected chi connectivity index (χ0v) is 17.8. The molecule has 2 nitrogen and oxygen atoms in total. The zero-order chi connectivity index (χ0) is 20.7. The van der Waals surface area contributed by atoms with Crippen molar-refractivity contribution in [1.29, 1.82) is 0 Å². The number of aryl methyl sites for hydroxylation is 1. The van der Waals surface area contributed by atoms with Gasteiger partial charge in [0.2, 0.25) is 0 Å². The Hall–Kier alpha value is -2.61. The Morgan fingerprint density at radius 3 is 2.39 bits per heavy atom. The maximum Gasteiger partial charge on any atom is 0.328 e. The summed E-state index contributed by atoms with van der Waals surface area (Å²) in [5.74, 6) is -0.924. The third-order valence-electron chi connectivity index (χ3n) is 5.34. The number of aliphatic carboxylic acids is 1. The lowest BCUT2D eigenvalue weighted by atomic mass is 9.72. The van der Waals surface area contributed by atoms with Crippen LogP contribution in [0.15, 0.2) is 77.4 Å². The second-order valence-electron chi connectivity index (χ2n) is 8.34. The van der Waals surface area contributed by atoms with E-state index in [1.165, 1.54) is 42.0 Å². The lowest BCUT2D eigenvalue weighted by molar-refractivity contribution is -0.131. The molecule has 148 valence electrons. The van der Waals surface area contributed by atoms with Crippen LogP contribution in [0.25, 0.3) is 5.57 Å². The molecule has 0 spiro atoms. The summed E-state index contributed by atoms with van der Waals surface area (Å²) in [6, 6.07) is 8.50. The highest BCUT2D eigenvalue weighted by molar-refractivity contribution is 5.81. The smallest absolute Gasteiger partial charge is 0.328 e. The predicted octanol–water partition coefficient (Wildman–Crippen LogP) is 7.05. The number of carboxylic acid groups (broad SMARTS) is 1. The average molecular weight is 377 g/mol. The molecular formula is C26H32O2. The minimum Gasteiger partial charge on any atom is -0.478 e. The van der Waals surface area contributed by atoms with E-state index >= 15 is 0 Å². The van der Waals surface area contributed by atoms with Crippen molar-refractivity contribution in [1.82, 2.24) is 0 Å². The van der Waals surface area contributed by atoms with Gasteiger partial charge < -0.3 is 5.11 Å². The van der Waals surface area contributed by atoms with Crippen molar-refractivity contribution in [2.45, 2.75) is 53.9 Å². The van der Waals surface area contributed by atoms with Gasteiger partial charge in [-0.3, -0.25) is 0 Å². The molecule has 1 aromatic rings. The molecule has 0 unspecified atom stereocenters. The van der Waals surface area contributed by atoms with E-state index in [9.17, 15) is 4.79 Å². The van der Waals surface area contributed by atoms with Gasteiger partial charge >= 0.3 is 5.97 Å². The maximum absolute atomic E-state index is 10.8. The van der Waals surface area contributed by atoms with Gasteiger partial charge in [-0.25, -0.2) is 4.79 Å². The zero-order valence-electron chi connectivity index (χ0n) is 17.8. The van der Waals surface area contributed by atoms with Gasteiger partial charge in [0.25, 0.3) is 0 Å². The van der Waals surface area contributed by atoms with Crippen molar-refractivity contribution < 1.29 is 9.90 Å². The van der Waals surface area contributed by atoms with E-state index in [0.29, 0.717) is 5.57 Å². The van der Waals surface area contributed by atoms with E-state index in [-0.39, 0.29) is 5.41 Å². The fraction of sp³-hybridized carbons (Fsp3) is 0.346. The number of hydrogen-bond acceptors (Lipinski definition) is 1. The molecule has 0 bridgehead atoms. The monoisotopic (exact) mass is 376 g/mol. The Bertz CT molecular complexity index is 856. The summed E-state index contributed by atoms with van der Waals surface area (Å²) in [5, 5.41) is 8.86. The van der Waals surface area contributed by atoms with Crippen LogP contribution in [-0.2, 0) is 4.79 Å². The number of allylic oxidation sites excluding steroid dienone is 9. The SMILES string of the molecule is CC1=C(\C=C/C(=C/C=C/C(C)=C/C(=O)O)c2ccc(C)cc2)C(C)(C)CCC1. The van der Waals surface area contributed by atoms with Crippen molar-refractivity contribution >= 4 is 11.5 Å². The second kappa shape index (κ2) is 9.54. The van der Waals surface area contributed by atoms with Crippen molar-refractivity contribution in [2.24, 2.45) is 5.41 Å². The normalized spacial score (nSPS) is 18.3. The molecular weight excluding hydrogens is 344 g/mol. The minimum atomic E-state index is -0.924. The number of carboxylic acids is 1. The molecule has 0 amide bonds. The summed E-state index contributed by atoms with van der Waals surface area (Å²) in [6.45, 7) is 10.8. The third-order valence-corrected chi connectivity index (χ3v) is 5.34. The van der Waals surface area contributed by atoms with Crippen LogP contribution >= 0.6 is 0 Å². The van der Waals surface area contributed by atoms with Gasteiger partial charge in [-0.15, -0.1) is 0 Å². The highest BCUT2D eigenvalue weighted by atomic mass is 16.4. The molecule has 0 atom stereocenters. The van der Waals surface area contributed by atoms with Crippen LogP contribution in [0.2, 0.25) is 0 Å². The molecule has 0 aromatic heterocycles. The first-order valence-corrected chi connectivity index (χ1v) is 9.94. The van der Waals surface area contributed by atoms with E-state index in [1.807, 2.05) is 18.2 Å². The lowest BCUT2D eigenvalue weighted by Gasteiger charge is -2.33. The first-order chi connectivity index (χ1) is 13.2. The highest BCUT2D eigenvalue weighted by Gasteiger charge is 2.26. The minimum absolute atomic E-state index is 0.202. The number of rotatable bonds is 6. The Labute approximate surface area is 169 Å². The predicted molar refractivity (Wildman–Crippen MR) is 119 cm³/mol. The molecule has 0 heterocycles. The lowest BCUT2D eigenvalue weighted by Crippen LogP contribution is -2.19. The summed E-state index contributed by atoms with van der Waals surface area (Å²) in [7, 11) is 0. The first kappa shape index (κ1) is 21.7. The molecule has 28 heavy (non-hydrogen) atoms. The molecule has 1 aromatic carbocycles. The van der Waals surface area contributed by atoms with E-state index < -0.39 is 5.97 Å². The summed E-state index contributed by atoms with van der Waals surface area (Å²) in [4.78, 5) is 10.8. The molecule has 1 N–H and O–H groups in total. The Balaban J connectivity index is 2.39. The van der Waals surface area contributed by atoms with E-state index in [1.54, 1.807) is 6.92 Å². The van der Waals surface area contributed by atoms with Crippen molar-refractivity contribution in [3.05, 3.63) is 88.6 Å². The second-order valence-corrected chi connectivity index (χ2v) is 8.34. The number of carbonyl (C=O) groups is 1. The van der Waals surface area contributed by atoms with Gasteiger partial charge in [0.1, 0.15) is 0 Å². The summed E-state index contributed by atoms with van der Waals surface area (Å²) in [5.41, 5.74) is 7.32. The van der Waals surface area contributed by atoms with Crippen LogP contribution in [0.5, 0.6) is 0 Å². The quantitative estimate of drug-likeness (QED) is 0.427. The van der Waals surface area contributed by atoms with Gasteiger partial charge in [0, 0.05) is 6.08 Å². The van der Waals surface area contributed by atoms with Crippen LogP contribution in [0.1, 0.15) is 58.1 Å². The largest absolute Gasteiger partial charge is 0.478 e. The van der Waals surface area contributed by atoms with Gasteiger partial charge in [-0.2, -0.15) is 0 Å². The van der Waals surface area contributed by atoms with E-state index in [2.05, 4.69) is 64.1 Å². The molecule has 0 fully saturated rings. The number of benzene rings is 1. The van der Waals surface area contributed by atoms with E-state index in [4.69, 9.17) is 5.11 Å².